The van der Waals surface area contributed by atoms with Gasteiger partial charge >= 0.3 is 6.03 Å². The van der Waals surface area contributed by atoms with Crippen LogP contribution in [0.1, 0.15) is 37.4 Å². The lowest BCUT2D eigenvalue weighted by atomic mass is 10.1. The zero-order chi connectivity index (χ0) is 21.8. The van der Waals surface area contributed by atoms with Crippen molar-refractivity contribution in [2.45, 2.75) is 38.8 Å². The maximum Gasteiger partial charge on any atom is 0.323 e. The van der Waals surface area contributed by atoms with Crippen LogP contribution in [0.2, 0.25) is 5.02 Å². The zero-order valence-corrected chi connectivity index (χ0v) is 18.5. The number of likely N-dealkylation sites (tertiary alicyclic amines) is 1. The van der Waals surface area contributed by atoms with Gasteiger partial charge < -0.3 is 9.64 Å². The topological polar surface area (TPSA) is 59.4 Å². The summed E-state index contributed by atoms with van der Waals surface area (Å²) >= 11 is 6.19. The van der Waals surface area contributed by atoms with Gasteiger partial charge in [0, 0.05) is 19.0 Å². The number of amides is 2. The Hall–Kier alpha value is -2.99. The van der Waals surface area contributed by atoms with Crippen molar-refractivity contribution in [2.24, 2.45) is 0 Å². The minimum Gasteiger partial charge on any atom is -0.487 e. The average Bonchev–Trinajstić information content (AvgIpc) is 3.38. The van der Waals surface area contributed by atoms with Gasteiger partial charge in [0.1, 0.15) is 17.7 Å². The maximum atomic E-state index is 13.0. The van der Waals surface area contributed by atoms with E-state index in [-0.39, 0.29) is 18.1 Å². The Bertz CT molecular complexity index is 1040. The van der Waals surface area contributed by atoms with E-state index in [1.165, 1.54) is 0 Å². The molecule has 0 bridgehead atoms. The van der Waals surface area contributed by atoms with Crippen LogP contribution in [0.4, 0.5) is 10.6 Å². The molecular weight excluding hydrogens is 412 g/mol. The molecule has 1 N–H and O–H groups in total. The van der Waals surface area contributed by atoms with Gasteiger partial charge in [-0.25, -0.2) is 9.48 Å². The molecule has 3 aromatic rings. The number of hydrogen-bond donors (Lipinski definition) is 1. The van der Waals surface area contributed by atoms with E-state index >= 15 is 0 Å². The summed E-state index contributed by atoms with van der Waals surface area (Å²) in [5, 5.41) is 8.34. The number of benzene rings is 2. The number of ether oxygens (including phenoxy) is 1. The van der Waals surface area contributed by atoms with Crippen molar-refractivity contribution in [3.63, 3.8) is 0 Å². The van der Waals surface area contributed by atoms with Gasteiger partial charge in [0.25, 0.3) is 0 Å². The van der Waals surface area contributed by atoms with Crippen molar-refractivity contribution in [3.8, 4) is 5.75 Å². The highest BCUT2D eigenvalue weighted by molar-refractivity contribution is 6.32. The van der Waals surface area contributed by atoms with Gasteiger partial charge in [-0.15, -0.1) is 0 Å². The van der Waals surface area contributed by atoms with Crippen molar-refractivity contribution >= 4 is 23.4 Å². The molecule has 162 valence electrons. The van der Waals surface area contributed by atoms with Crippen molar-refractivity contribution in [3.05, 3.63) is 76.9 Å². The largest absolute Gasteiger partial charge is 0.487 e. The SMILES string of the molecule is CC(C)c1cc(NC(=O)N2CCC(Oc3ccccc3Cl)C2)n(Cc2ccccc2)n1. The molecular formula is C24H27ClN4O2. The number of anilines is 1. The number of urea groups is 1. The number of halogens is 1. The fourth-order valence-electron chi connectivity index (χ4n) is 3.61. The fraction of sp³-hybridized carbons (Fsp3) is 0.333. The highest BCUT2D eigenvalue weighted by Gasteiger charge is 2.29. The summed E-state index contributed by atoms with van der Waals surface area (Å²) in [5.74, 6) is 1.62. The predicted molar refractivity (Wildman–Crippen MR) is 123 cm³/mol. The standard InChI is InChI=1S/C24H27ClN4O2/c1-17(2)21-14-23(29(27-21)15-18-8-4-3-5-9-18)26-24(30)28-13-12-19(16-28)31-22-11-7-6-10-20(22)25/h3-11,14,17,19H,12-13,15-16H2,1-2H3,(H,26,30). The van der Waals surface area contributed by atoms with E-state index in [0.717, 1.165) is 17.7 Å². The molecule has 1 atom stereocenters. The number of carbonyl (C=O) groups excluding carboxylic acids is 1. The van der Waals surface area contributed by atoms with E-state index in [1.807, 2.05) is 47.1 Å². The smallest absolute Gasteiger partial charge is 0.323 e. The highest BCUT2D eigenvalue weighted by atomic mass is 35.5. The number of aromatic nitrogens is 2. The van der Waals surface area contributed by atoms with E-state index in [9.17, 15) is 4.79 Å². The van der Waals surface area contributed by atoms with Gasteiger partial charge in [-0.2, -0.15) is 5.10 Å². The second-order valence-corrected chi connectivity index (χ2v) is 8.49. The first-order chi connectivity index (χ1) is 15.0. The lowest BCUT2D eigenvalue weighted by Gasteiger charge is -2.18. The molecule has 2 aromatic carbocycles. The van der Waals surface area contributed by atoms with Crippen molar-refractivity contribution in [1.82, 2.24) is 14.7 Å². The summed E-state index contributed by atoms with van der Waals surface area (Å²) in [6, 6.07) is 19.3. The van der Waals surface area contributed by atoms with E-state index < -0.39 is 0 Å². The minimum absolute atomic E-state index is 0.0777. The molecule has 1 fully saturated rings. The third-order valence-electron chi connectivity index (χ3n) is 5.36. The molecule has 4 rings (SSSR count). The minimum atomic E-state index is -0.144. The van der Waals surface area contributed by atoms with Crippen molar-refractivity contribution < 1.29 is 9.53 Å². The number of hydrogen-bond acceptors (Lipinski definition) is 3. The summed E-state index contributed by atoms with van der Waals surface area (Å²) in [6.45, 7) is 5.93. The quantitative estimate of drug-likeness (QED) is 0.561. The van der Waals surface area contributed by atoms with Gasteiger partial charge in [0.15, 0.2) is 0 Å². The van der Waals surface area contributed by atoms with Crippen LogP contribution >= 0.6 is 11.6 Å². The molecule has 1 aliphatic rings. The molecule has 31 heavy (non-hydrogen) atoms. The maximum absolute atomic E-state index is 13.0. The Morgan fingerprint density at radius 2 is 1.94 bits per heavy atom. The van der Waals surface area contributed by atoms with Gasteiger partial charge in [-0.1, -0.05) is 67.9 Å². The van der Waals surface area contributed by atoms with E-state index in [0.29, 0.717) is 36.2 Å². The molecule has 0 radical (unpaired) electrons. The molecule has 0 aliphatic carbocycles. The monoisotopic (exact) mass is 438 g/mol. The van der Waals surface area contributed by atoms with Crippen LogP contribution in [0.15, 0.2) is 60.7 Å². The Kier molecular flexibility index (Phi) is 6.47. The van der Waals surface area contributed by atoms with E-state index in [1.54, 1.807) is 11.0 Å². The fourth-order valence-corrected chi connectivity index (χ4v) is 3.79. The third kappa shape index (κ3) is 5.20. The lowest BCUT2D eigenvalue weighted by Crippen LogP contribution is -2.35. The summed E-state index contributed by atoms with van der Waals surface area (Å²) in [5.41, 5.74) is 2.08. The van der Waals surface area contributed by atoms with Crippen LogP contribution in [0.5, 0.6) is 5.75 Å². The average molecular weight is 439 g/mol. The Morgan fingerprint density at radius 1 is 1.19 bits per heavy atom. The summed E-state index contributed by atoms with van der Waals surface area (Å²) < 4.78 is 7.86. The van der Waals surface area contributed by atoms with Crippen molar-refractivity contribution in [2.75, 3.05) is 18.4 Å². The number of nitrogens with zero attached hydrogens (tertiary/aromatic N) is 3. The molecule has 6 nitrogen and oxygen atoms in total. The lowest BCUT2D eigenvalue weighted by molar-refractivity contribution is 0.195. The van der Waals surface area contributed by atoms with E-state index in [4.69, 9.17) is 21.4 Å². The molecule has 2 heterocycles. The molecule has 1 saturated heterocycles. The third-order valence-corrected chi connectivity index (χ3v) is 5.68. The van der Waals surface area contributed by atoms with Gasteiger partial charge in [0.2, 0.25) is 0 Å². The first-order valence-electron chi connectivity index (χ1n) is 10.6. The van der Waals surface area contributed by atoms with Crippen LogP contribution in [0.25, 0.3) is 0 Å². The normalized spacial score (nSPS) is 16.0. The second kappa shape index (κ2) is 9.43. The van der Waals surface area contributed by atoms with Crippen molar-refractivity contribution in [1.29, 1.82) is 0 Å². The molecule has 1 unspecified atom stereocenters. The molecule has 7 heteroatoms. The molecule has 0 spiro atoms. The Balaban J connectivity index is 1.43. The highest BCUT2D eigenvalue weighted by Crippen LogP contribution is 2.27. The summed E-state index contributed by atoms with van der Waals surface area (Å²) in [6.07, 6.45) is 0.685. The van der Waals surface area contributed by atoms with Crippen LogP contribution in [-0.4, -0.2) is 39.9 Å². The molecule has 0 saturated carbocycles. The first-order valence-corrected chi connectivity index (χ1v) is 11.0. The van der Waals surface area contributed by atoms with Gasteiger partial charge in [0.05, 0.1) is 23.8 Å². The van der Waals surface area contributed by atoms with Crippen LogP contribution < -0.4 is 10.1 Å². The second-order valence-electron chi connectivity index (χ2n) is 8.09. The molecule has 1 aliphatic heterocycles. The summed E-state index contributed by atoms with van der Waals surface area (Å²) in [7, 11) is 0. The molecule has 2 amide bonds. The van der Waals surface area contributed by atoms with Gasteiger partial charge in [-0.3, -0.25) is 5.32 Å². The Morgan fingerprint density at radius 3 is 2.68 bits per heavy atom. The molecule has 1 aromatic heterocycles. The zero-order valence-electron chi connectivity index (χ0n) is 17.8. The van der Waals surface area contributed by atoms with Crippen LogP contribution in [-0.2, 0) is 6.54 Å². The van der Waals surface area contributed by atoms with Crippen LogP contribution in [0.3, 0.4) is 0 Å². The predicted octanol–water partition coefficient (Wildman–Crippen LogP) is 5.39. The number of carbonyl (C=O) groups is 1. The van der Waals surface area contributed by atoms with E-state index in [2.05, 4.69) is 31.3 Å². The summed E-state index contributed by atoms with van der Waals surface area (Å²) in [4.78, 5) is 14.7. The van der Waals surface area contributed by atoms with Gasteiger partial charge in [-0.05, 0) is 23.6 Å². The number of para-hydroxylation sites is 1. The van der Waals surface area contributed by atoms with Crippen LogP contribution in [0, 0.1) is 0 Å². The first kappa shape index (κ1) is 21.2. The number of rotatable bonds is 6. The Labute approximate surface area is 187 Å². The number of nitrogens with one attached hydrogen (secondary N) is 1.